The van der Waals surface area contributed by atoms with Gasteiger partial charge >= 0.3 is 11.9 Å². The highest BCUT2D eigenvalue weighted by molar-refractivity contribution is 5.71. The highest BCUT2D eigenvalue weighted by atomic mass is 16.6. The van der Waals surface area contributed by atoms with Crippen molar-refractivity contribution in [1.82, 2.24) is 0 Å². The van der Waals surface area contributed by atoms with Crippen molar-refractivity contribution >= 4 is 11.9 Å². The van der Waals surface area contributed by atoms with Gasteiger partial charge in [0, 0.05) is 12.8 Å². The molecule has 0 fully saturated rings. The summed E-state index contributed by atoms with van der Waals surface area (Å²) in [7, 11) is 0. The largest absolute Gasteiger partial charge is 0.456 e. The maximum atomic E-state index is 11.5. The number of esters is 2. The Labute approximate surface area is 161 Å². The monoisotopic (exact) mass is 382 g/mol. The van der Waals surface area contributed by atoms with Crippen molar-refractivity contribution in [1.29, 1.82) is 0 Å². The fraction of sp³-hybridized carbons (Fsp3) is 0.500. The first-order chi connectivity index (χ1) is 13.1. The van der Waals surface area contributed by atoms with Crippen molar-refractivity contribution in [3.8, 4) is 0 Å². The number of hydrogen-bond donors (Lipinski definition) is 0. The maximum absolute atomic E-state index is 11.5. The molecule has 0 rings (SSSR count). The molecule has 0 N–H and O–H groups in total. The smallest absolute Gasteiger partial charge is 0.332 e. The van der Waals surface area contributed by atoms with E-state index in [0.717, 1.165) is 0 Å². The topological polar surface area (TPSA) is 80.3 Å². The molecule has 2 atom stereocenters. The van der Waals surface area contributed by atoms with Crippen molar-refractivity contribution < 1.29 is 33.3 Å². The average molecular weight is 382 g/mol. The van der Waals surface area contributed by atoms with Gasteiger partial charge in [-0.2, -0.15) is 0 Å². The molecule has 0 bridgehead atoms. The summed E-state index contributed by atoms with van der Waals surface area (Å²) < 4.78 is 25.8. The molecule has 0 aromatic carbocycles. The lowest BCUT2D eigenvalue weighted by atomic mass is 10.2. The fourth-order valence-electron chi connectivity index (χ4n) is 1.77. The molecule has 0 spiro atoms. The zero-order valence-corrected chi connectivity index (χ0v) is 15.8. The van der Waals surface area contributed by atoms with Gasteiger partial charge in [-0.3, -0.25) is 0 Å². The van der Waals surface area contributed by atoms with Crippen molar-refractivity contribution in [2.45, 2.75) is 25.0 Å². The summed E-state index contributed by atoms with van der Waals surface area (Å²) in [6.45, 7) is 15.0. The number of carbonyl (C=O) groups excluding carboxylic acids is 2. The van der Waals surface area contributed by atoms with Crippen LogP contribution in [0.25, 0.3) is 0 Å². The van der Waals surface area contributed by atoms with E-state index < -0.39 is 24.1 Å². The Hall–Kier alpha value is -2.22. The van der Waals surface area contributed by atoms with Crippen molar-refractivity contribution in [3.05, 3.63) is 50.6 Å². The molecule has 0 aliphatic heterocycles. The lowest BCUT2D eigenvalue weighted by molar-refractivity contribution is -0.152. The van der Waals surface area contributed by atoms with E-state index in [1.165, 1.54) is 12.2 Å². The first-order valence-corrected chi connectivity index (χ1v) is 8.66. The highest BCUT2D eigenvalue weighted by Crippen LogP contribution is 2.02. The molecule has 0 saturated carbocycles. The normalized spacial score (nSPS) is 12.4. The third-order valence-corrected chi connectivity index (χ3v) is 3.07. The summed E-state index contributed by atoms with van der Waals surface area (Å²) in [4.78, 5) is 23.0. The molecule has 0 aliphatic rings. The first kappa shape index (κ1) is 24.8. The van der Waals surface area contributed by atoms with Gasteiger partial charge in [-0.25, -0.2) is 9.59 Å². The van der Waals surface area contributed by atoms with E-state index in [-0.39, 0.29) is 39.6 Å². The minimum absolute atomic E-state index is 0.164. The van der Waals surface area contributed by atoms with Crippen LogP contribution in [0.1, 0.15) is 12.8 Å². The third kappa shape index (κ3) is 14.6. The van der Waals surface area contributed by atoms with Gasteiger partial charge < -0.3 is 23.7 Å². The standard InChI is InChI=1S/C20H30O7/c1-5-9-17(7-3)26-19(21)15-24-13-11-23-12-14-25-16-20(22)27-18(8-4)10-6-2/h5-8,17-18H,1-4,9-16H2. The molecule has 152 valence electrons. The van der Waals surface area contributed by atoms with Gasteiger partial charge in [0.05, 0.1) is 26.4 Å². The predicted octanol–water partition coefficient (Wildman–Crippen LogP) is 2.38. The minimum Gasteiger partial charge on any atom is -0.456 e. The summed E-state index contributed by atoms with van der Waals surface area (Å²) in [5.74, 6) is -0.948. The van der Waals surface area contributed by atoms with Crippen LogP contribution in [-0.4, -0.2) is 63.8 Å². The fourth-order valence-corrected chi connectivity index (χ4v) is 1.77. The van der Waals surface area contributed by atoms with Gasteiger partial charge in [-0.1, -0.05) is 37.5 Å². The van der Waals surface area contributed by atoms with Gasteiger partial charge in [0.15, 0.2) is 0 Å². The Morgan fingerprint density at radius 3 is 1.37 bits per heavy atom. The summed E-state index contributed by atoms with van der Waals surface area (Å²) in [5.41, 5.74) is 0. The Morgan fingerprint density at radius 1 is 0.667 bits per heavy atom. The summed E-state index contributed by atoms with van der Waals surface area (Å²) in [6.07, 6.45) is 6.60. The van der Waals surface area contributed by atoms with Crippen LogP contribution in [0, 0.1) is 0 Å². The van der Waals surface area contributed by atoms with Crippen molar-refractivity contribution in [2.24, 2.45) is 0 Å². The molecule has 7 nitrogen and oxygen atoms in total. The van der Waals surface area contributed by atoms with Crippen LogP contribution in [0.3, 0.4) is 0 Å². The van der Waals surface area contributed by atoms with Crippen LogP contribution in [0.4, 0.5) is 0 Å². The number of hydrogen-bond acceptors (Lipinski definition) is 7. The van der Waals surface area contributed by atoms with E-state index in [9.17, 15) is 9.59 Å². The van der Waals surface area contributed by atoms with Crippen LogP contribution in [-0.2, 0) is 33.3 Å². The maximum Gasteiger partial charge on any atom is 0.332 e. The Kier molecular flexibility index (Phi) is 15.8. The van der Waals surface area contributed by atoms with Crippen LogP contribution in [0.2, 0.25) is 0 Å². The molecule has 0 heterocycles. The van der Waals surface area contributed by atoms with Gasteiger partial charge in [0.25, 0.3) is 0 Å². The molecular formula is C20H30O7. The first-order valence-electron chi connectivity index (χ1n) is 8.66. The molecule has 0 aromatic heterocycles. The SMILES string of the molecule is C=CCC(C=C)OC(=O)COCCOCCOCC(=O)OC(C=C)CC=C. The van der Waals surface area contributed by atoms with E-state index in [1.807, 2.05) is 0 Å². The van der Waals surface area contributed by atoms with E-state index in [2.05, 4.69) is 26.3 Å². The molecule has 0 saturated heterocycles. The van der Waals surface area contributed by atoms with Crippen LogP contribution in [0.15, 0.2) is 50.6 Å². The highest BCUT2D eigenvalue weighted by Gasteiger charge is 2.10. The zero-order valence-electron chi connectivity index (χ0n) is 15.8. The Balaban J connectivity index is 3.56. The molecule has 0 amide bonds. The second-order valence-corrected chi connectivity index (χ2v) is 5.29. The Bertz CT molecular complexity index is 431. The predicted molar refractivity (Wildman–Crippen MR) is 102 cm³/mol. The Morgan fingerprint density at radius 2 is 1.04 bits per heavy atom. The van der Waals surface area contributed by atoms with Gasteiger partial charge in [0.1, 0.15) is 25.4 Å². The molecule has 0 radical (unpaired) electrons. The second-order valence-electron chi connectivity index (χ2n) is 5.29. The number of carbonyl (C=O) groups is 2. The van der Waals surface area contributed by atoms with Crippen LogP contribution >= 0.6 is 0 Å². The average Bonchev–Trinajstić information content (AvgIpc) is 2.65. The summed E-state index contributed by atoms with van der Waals surface area (Å²) >= 11 is 0. The van der Waals surface area contributed by atoms with Crippen LogP contribution in [0.5, 0.6) is 0 Å². The molecule has 27 heavy (non-hydrogen) atoms. The quantitative estimate of drug-likeness (QED) is 0.205. The number of ether oxygens (including phenoxy) is 5. The van der Waals surface area contributed by atoms with Gasteiger partial charge in [0.2, 0.25) is 0 Å². The zero-order chi connectivity index (χ0) is 20.3. The lowest BCUT2D eigenvalue weighted by Crippen LogP contribution is -2.21. The van der Waals surface area contributed by atoms with Gasteiger partial charge in [-0.05, 0) is 0 Å². The minimum atomic E-state index is -0.474. The van der Waals surface area contributed by atoms with E-state index >= 15 is 0 Å². The second kappa shape index (κ2) is 17.2. The van der Waals surface area contributed by atoms with E-state index in [1.54, 1.807) is 12.2 Å². The van der Waals surface area contributed by atoms with Crippen LogP contribution < -0.4 is 0 Å². The van der Waals surface area contributed by atoms with Gasteiger partial charge in [-0.15, -0.1) is 13.2 Å². The molecule has 0 aromatic rings. The third-order valence-electron chi connectivity index (χ3n) is 3.07. The van der Waals surface area contributed by atoms with Crippen molar-refractivity contribution in [3.63, 3.8) is 0 Å². The molecule has 0 aliphatic carbocycles. The summed E-state index contributed by atoms with van der Waals surface area (Å²) in [5, 5.41) is 0. The summed E-state index contributed by atoms with van der Waals surface area (Å²) in [6, 6.07) is 0. The molecular weight excluding hydrogens is 352 g/mol. The van der Waals surface area contributed by atoms with Crippen molar-refractivity contribution in [2.75, 3.05) is 39.6 Å². The molecule has 7 heteroatoms. The van der Waals surface area contributed by atoms with E-state index in [4.69, 9.17) is 23.7 Å². The number of rotatable bonds is 18. The lowest BCUT2D eigenvalue weighted by Gasteiger charge is -2.12. The van der Waals surface area contributed by atoms with E-state index in [0.29, 0.717) is 12.8 Å². The molecule has 2 unspecified atom stereocenters.